The predicted molar refractivity (Wildman–Crippen MR) is 76.1 cm³/mol. The van der Waals surface area contributed by atoms with Crippen LogP contribution in [0.2, 0.25) is 0 Å². The molecule has 4 nitrogen and oxygen atoms in total. The number of rotatable bonds is 6. The summed E-state index contributed by atoms with van der Waals surface area (Å²) in [5.74, 6) is 2.01. The summed E-state index contributed by atoms with van der Waals surface area (Å²) in [6.07, 6.45) is 6.09. The molecule has 98 valence electrons. The number of hydrogen-bond donors (Lipinski definition) is 1. The Morgan fingerprint density at radius 3 is 2.67 bits per heavy atom. The van der Waals surface area contributed by atoms with Gasteiger partial charge in [0.15, 0.2) is 5.65 Å². The summed E-state index contributed by atoms with van der Waals surface area (Å²) in [6.45, 7) is 2.23. The van der Waals surface area contributed by atoms with E-state index in [1.165, 1.54) is 25.7 Å². The van der Waals surface area contributed by atoms with Crippen molar-refractivity contribution >= 4 is 17.0 Å². The molecule has 2 aromatic heterocycles. The number of unbranched alkanes of at least 4 members (excludes halogenated alkanes) is 3. The Kier molecular flexibility index (Phi) is 4.18. The standard InChI is InChI=1S/C14H22N4/c1-4-5-6-7-8-12-15-11-9-10-13(18(2)3)17-14(11)16-12/h9-10H,4-8H2,1-3H3,(H,15,16,17). The SMILES string of the molecule is CCCCCCc1nc2nc(N(C)C)ccc2[nH]1. The molecule has 18 heavy (non-hydrogen) atoms. The third-order valence-corrected chi connectivity index (χ3v) is 3.11. The molecule has 2 aromatic rings. The van der Waals surface area contributed by atoms with Gasteiger partial charge in [-0.3, -0.25) is 0 Å². The molecule has 2 heterocycles. The molecule has 0 aliphatic heterocycles. The number of aryl methyl sites for hydroxylation is 1. The molecule has 0 saturated heterocycles. The summed E-state index contributed by atoms with van der Waals surface area (Å²) < 4.78 is 0. The van der Waals surface area contributed by atoms with Gasteiger partial charge in [-0.05, 0) is 18.6 Å². The number of H-pyrrole nitrogens is 1. The topological polar surface area (TPSA) is 44.8 Å². The van der Waals surface area contributed by atoms with Crippen LogP contribution in [0.1, 0.15) is 38.4 Å². The second kappa shape index (κ2) is 5.85. The van der Waals surface area contributed by atoms with E-state index in [1.807, 2.05) is 25.1 Å². The van der Waals surface area contributed by atoms with Gasteiger partial charge < -0.3 is 9.88 Å². The molecule has 0 atom stereocenters. The number of aromatic nitrogens is 3. The zero-order chi connectivity index (χ0) is 13.0. The van der Waals surface area contributed by atoms with Gasteiger partial charge in [-0.2, -0.15) is 0 Å². The van der Waals surface area contributed by atoms with E-state index in [9.17, 15) is 0 Å². The van der Waals surface area contributed by atoms with Crippen molar-refractivity contribution in [3.63, 3.8) is 0 Å². The van der Waals surface area contributed by atoms with Gasteiger partial charge in [0, 0.05) is 20.5 Å². The lowest BCUT2D eigenvalue weighted by atomic mass is 10.1. The largest absolute Gasteiger partial charge is 0.363 e. The van der Waals surface area contributed by atoms with Crippen molar-refractivity contribution in [3.05, 3.63) is 18.0 Å². The summed E-state index contributed by atoms with van der Waals surface area (Å²) in [7, 11) is 3.99. The highest BCUT2D eigenvalue weighted by Crippen LogP contribution is 2.15. The maximum absolute atomic E-state index is 4.56. The molecule has 0 aliphatic carbocycles. The van der Waals surface area contributed by atoms with Crippen LogP contribution >= 0.6 is 0 Å². The second-order valence-electron chi connectivity index (χ2n) is 4.93. The molecule has 0 aliphatic rings. The van der Waals surface area contributed by atoms with Crippen molar-refractivity contribution in [1.82, 2.24) is 15.0 Å². The third-order valence-electron chi connectivity index (χ3n) is 3.11. The van der Waals surface area contributed by atoms with Crippen molar-refractivity contribution in [2.75, 3.05) is 19.0 Å². The Bertz CT molecular complexity index is 501. The monoisotopic (exact) mass is 246 g/mol. The molecular formula is C14H22N4. The van der Waals surface area contributed by atoms with Crippen LogP contribution in [0, 0.1) is 0 Å². The highest BCUT2D eigenvalue weighted by molar-refractivity contribution is 5.73. The summed E-state index contributed by atoms with van der Waals surface area (Å²) in [4.78, 5) is 14.4. The maximum atomic E-state index is 4.56. The third kappa shape index (κ3) is 3.00. The van der Waals surface area contributed by atoms with Gasteiger partial charge in [-0.1, -0.05) is 26.2 Å². The number of pyridine rings is 1. The highest BCUT2D eigenvalue weighted by Gasteiger charge is 2.05. The molecule has 0 amide bonds. The van der Waals surface area contributed by atoms with Gasteiger partial charge in [0.05, 0.1) is 5.52 Å². The predicted octanol–water partition coefficient (Wildman–Crippen LogP) is 3.15. The molecule has 0 saturated carbocycles. The van der Waals surface area contributed by atoms with Crippen molar-refractivity contribution in [2.24, 2.45) is 0 Å². The van der Waals surface area contributed by atoms with E-state index in [4.69, 9.17) is 0 Å². The van der Waals surface area contributed by atoms with Crippen LogP contribution in [0.25, 0.3) is 11.2 Å². The number of nitrogens with zero attached hydrogens (tertiary/aromatic N) is 3. The average Bonchev–Trinajstić information content (AvgIpc) is 2.76. The molecule has 0 spiro atoms. The quantitative estimate of drug-likeness (QED) is 0.796. The van der Waals surface area contributed by atoms with Gasteiger partial charge in [-0.25, -0.2) is 9.97 Å². The minimum Gasteiger partial charge on any atom is -0.363 e. The van der Waals surface area contributed by atoms with Gasteiger partial charge in [0.2, 0.25) is 0 Å². The van der Waals surface area contributed by atoms with E-state index in [0.29, 0.717) is 0 Å². The van der Waals surface area contributed by atoms with Crippen molar-refractivity contribution < 1.29 is 0 Å². The summed E-state index contributed by atoms with van der Waals surface area (Å²) in [5.41, 5.74) is 1.86. The molecule has 2 rings (SSSR count). The van der Waals surface area contributed by atoms with E-state index >= 15 is 0 Å². The first-order valence-electron chi connectivity index (χ1n) is 6.73. The molecule has 0 unspecified atom stereocenters. The molecular weight excluding hydrogens is 224 g/mol. The Morgan fingerprint density at radius 2 is 1.94 bits per heavy atom. The average molecular weight is 246 g/mol. The van der Waals surface area contributed by atoms with Crippen LogP contribution in [0.4, 0.5) is 5.82 Å². The van der Waals surface area contributed by atoms with Crippen molar-refractivity contribution in [1.29, 1.82) is 0 Å². The van der Waals surface area contributed by atoms with Crippen LogP contribution in [-0.4, -0.2) is 29.0 Å². The van der Waals surface area contributed by atoms with Crippen LogP contribution in [0.15, 0.2) is 12.1 Å². The minimum absolute atomic E-state index is 0.826. The summed E-state index contributed by atoms with van der Waals surface area (Å²) in [6, 6.07) is 4.07. The van der Waals surface area contributed by atoms with Gasteiger partial charge in [0.25, 0.3) is 0 Å². The van der Waals surface area contributed by atoms with Gasteiger partial charge >= 0.3 is 0 Å². The number of anilines is 1. The maximum Gasteiger partial charge on any atom is 0.179 e. The first kappa shape index (κ1) is 12.9. The lowest BCUT2D eigenvalue weighted by Gasteiger charge is -2.09. The van der Waals surface area contributed by atoms with E-state index in [1.54, 1.807) is 0 Å². The lowest BCUT2D eigenvalue weighted by molar-refractivity contribution is 0.656. The lowest BCUT2D eigenvalue weighted by Crippen LogP contribution is -2.10. The number of aromatic amines is 1. The number of fused-ring (bicyclic) bond motifs is 1. The van der Waals surface area contributed by atoms with Gasteiger partial charge in [0.1, 0.15) is 11.6 Å². The first-order valence-corrected chi connectivity index (χ1v) is 6.73. The zero-order valence-corrected chi connectivity index (χ0v) is 11.5. The Morgan fingerprint density at radius 1 is 1.11 bits per heavy atom. The fraction of sp³-hybridized carbons (Fsp3) is 0.571. The van der Waals surface area contributed by atoms with E-state index < -0.39 is 0 Å². The Labute approximate surface area is 108 Å². The molecule has 0 aromatic carbocycles. The van der Waals surface area contributed by atoms with Crippen LogP contribution in [0.3, 0.4) is 0 Å². The Balaban J connectivity index is 2.07. The van der Waals surface area contributed by atoms with Crippen molar-refractivity contribution in [2.45, 2.75) is 39.0 Å². The molecule has 0 bridgehead atoms. The van der Waals surface area contributed by atoms with E-state index in [-0.39, 0.29) is 0 Å². The number of imidazole rings is 1. The van der Waals surface area contributed by atoms with Crippen LogP contribution < -0.4 is 4.90 Å². The smallest absolute Gasteiger partial charge is 0.179 e. The Hall–Kier alpha value is -1.58. The second-order valence-corrected chi connectivity index (χ2v) is 4.93. The normalized spacial score (nSPS) is 11.1. The first-order chi connectivity index (χ1) is 8.70. The number of nitrogens with one attached hydrogen (secondary N) is 1. The summed E-state index contributed by atoms with van der Waals surface area (Å²) >= 11 is 0. The fourth-order valence-corrected chi connectivity index (χ4v) is 2.02. The molecule has 0 radical (unpaired) electrons. The van der Waals surface area contributed by atoms with Gasteiger partial charge in [-0.15, -0.1) is 0 Å². The molecule has 1 N–H and O–H groups in total. The van der Waals surface area contributed by atoms with Crippen molar-refractivity contribution in [3.8, 4) is 0 Å². The van der Waals surface area contributed by atoms with E-state index in [0.717, 1.165) is 29.2 Å². The highest BCUT2D eigenvalue weighted by atomic mass is 15.1. The zero-order valence-electron chi connectivity index (χ0n) is 11.5. The molecule has 0 fully saturated rings. The van der Waals surface area contributed by atoms with Crippen LogP contribution in [0.5, 0.6) is 0 Å². The minimum atomic E-state index is 0.826. The summed E-state index contributed by atoms with van der Waals surface area (Å²) in [5, 5.41) is 0. The van der Waals surface area contributed by atoms with E-state index in [2.05, 4.69) is 27.9 Å². The molecule has 4 heteroatoms. The van der Waals surface area contributed by atoms with Crippen LogP contribution in [-0.2, 0) is 6.42 Å². The fourth-order valence-electron chi connectivity index (χ4n) is 2.02. The number of hydrogen-bond acceptors (Lipinski definition) is 3.